The molecular formula is C20H32O3. The number of ether oxygens (including phenoxy) is 2. The number of rotatable bonds is 10. The first kappa shape index (κ1) is 19.9. The molecule has 130 valence electrons. The molecule has 1 atom stereocenters. The van der Waals surface area contributed by atoms with Crippen molar-refractivity contribution in [3.05, 3.63) is 35.5 Å². The SMILES string of the molecule is C=C(C)C(=O)CC/C(C)=C/CC/C(C)=C\COC1CCCCO1. The van der Waals surface area contributed by atoms with Crippen molar-refractivity contribution in [2.45, 2.75) is 72.0 Å². The Balaban J connectivity index is 2.17. The van der Waals surface area contributed by atoms with E-state index in [4.69, 9.17) is 9.47 Å². The summed E-state index contributed by atoms with van der Waals surface area (Å²) in [6.45, 7) is 11.1. The molecule has 0 aromatic rings. The summed E-state index contributed by atoms with van der Waals surface area (Å²) in [6.07, 6.45) is 11.2. The van der Waals surface area contributed by atoms with Crippen LogP contribution in [-0.4, -0.2) is 25.3 Å². The van der Waals surface area contributed by atoms with Crippen LogP contribution < -0.4 is 0 Å². The van der Waals surface area contributed by atoms with Gasteiger partial charge in [0.25, 0.3) is 0 Å². The molecule has 1 unspecified atom stereocenters. The third-order valence-electron chi connectivity index (χ3n) is 4.11. The Morgan fingerprint density at radius 2 is 1.87 bits per heavy atom. The van der Waals surface area contributed by atoms with Crippen LogP contribution in [0.25, 0.3) is 0 Å². The van der Waals surface area contributed by atoms with E-state index in [0.29, 0.717) is 18.6 Å². The third kappa shape index (κ3) is 9.52. The predicted octanol–water partition coefficient (Wildman–Crippen LogP) is 5.13. The average molecular weight is 320 g/mol. The zero-order valence-electron chi connectivity index (χ0n) is 15.0. The van der Waals surface area contributed by atoms with Gasteiger partial charge >= 0.3 is 0 Å². The van der Waals surface area contributed by atoms with Gasteiger partial charge in [0.1, 0.15) is 0 Å². The molecule has 0 radical (unpaired) electrons. The molecule has 23 heavy (non-hydrogen) atoms. The largest absolute Gasteiger partial charge is 0.353 e. The summed E-state index contributed by atoms with van der Waals surface area (Å²) in [4.78, 5) is 11.5. The van der Waals surface area contributed by atoms with Crippen LogP contribution in [0.4, 0.5) is 0 Å². The molecule has 1 rings (SSSR count). The van der Waals surface area contributed by atoms with Gasteiger partial charge in [-0.3, -0.25) is 4.79 Å². The van der Waals surface area contributed by atoms with E-state index in [1.807, 2.05) is 0 Å². The highest BCUT2D eigenvalue weighted by Crippen LogP contribution is 2.15. The molecule has 0 aromatic carbocycles. The van der Waals surface area contributed by atoms with E-state index in [0.717, 1.165) is 38.7 Å². The minimum atomic E-state index is -0.0132. The Morgan fingerprint density at radius 3 is 2.52 bits per heavy atom. The molecule has 1 saturated heterocycles. The monoisotopic (exact) mass is 320 g/mol. The quantitative estimate of drug-likeness (QED) is 0.413. The molecule has 0 aliphatic carbocycles. The minimum Gasteiger partial charge on any atom is -0.353 e. The van der Waals surface area contributed by atoms with Crippen LogP contribution >= 0.6 is 0 Å². The fraction of sp³-hybridized carbons (Fsp3) is 0.650. The van der Waals surface area contributed by atoms with E-state index in [1.165, 1.54) is 17.6 Å². The molecule has 1 heterocycles. The molecule has 0 amide bonds. The van der Waals surface area contributed by atoms with E-state index in [2.05, 4.69) is 32.6 Å². The number of ketones is 1. The van der Waals surface area contributed by atoms with E-state index < -0.39 is 0 Å². The van der Waals surface area contributed by atoms with Gasteiger partial charge in [0.2, 0.25) is 0 Å². The second kappa shape index (κ2) is 11.4. The van der Waals surface area contributed by atoms with Crippen LogP contribution in [0.1, 0.15) is 65.7 Å². The summed E-state index contributed by atoms with van der Waals surface area (Å²) in [5.41, 5.74) is 3.26. The van der Waals surface area contributed by atoms with E-state index >= 15 is 0 Å². The van der Waals surface area contributed by atoms with Crippen molar-refractivity contribution < 1.29 is 14.3 Å². The molecule has 0 aromatic heterocycles. The second-order valence-electron chi connectivity index (χ2n) is 6.47. The third-order valence-corrected chi connectivity index (χ3v) is 4.11. The van der Waals surface area contributed by atoms with Gasteiger partial charge in [-0.05, 0) is 64.9 Å². The van der Waals surface area contributed by atoms with Gasteiger partial charge in [-0.1, -0.05) is 29.9 Å². The molecular weight excluding hydrogens is 288 g/mol. The summed E-state index contributed by atoms with van der Waals surface area (Å²) < 4.78 is 11.2. The molecule has 0 spiro atoms. The van der Waals surface area contributed by atoms with Crippen LogP contribution in [0, 0.1) is 0 Å². The molecule has 1 fully saturated rings. The Morgan fingerprint density at radius 1 is 1.13 bits per heavy atom. The maximum absolute atomic E-state index is 11.5. The van der Waals surface area contributed by atoms with Gasteiger partial charge in [0, 0.05) is 13.0 Å². The van der Waals surface area contributed by atoms with Gasteiger partial charge in [-0.25, -0.2) is 0 Å². The van der Waals surface area contributed by atoms with Crippen molar-refractivity contribution >= 4 is 5.78 Å². The van der Waals surface area contributed by atoms with Crippen molar-refractivity contribution in [1.29, 1.82) is 0 Å². The molecule has 3 nitrogen and oxygen atoms in total. The zero-order valence-corrected chi connectivity index (χ0v) is 15.0. The minimum absolute atomic E-state index is 0.0132. The van der Waals surface area contributed by atoms with Crippen LogP contribution in [0.5, 0.6) is 0 Å². The van der Waals surface area contributed by atoms with Crippen molar-refractivity contribution in [3.63, 3.8) is 0 Å². The maximum Gasteiger partial charge on any atom is 0.158 e. The molecule has 1 aliphatic rings. The second-order valence-corrected chi connectivity index (χ2v) is 6.47. The first-order valence-corrected chi connectivity index (χ1v) is 8.72. The Kier molecular flexibility index (Phi) is 9.81. The summed E-state index contributed by atoms with van der Waals surface area (Å²) in [5, 5.41) is 0. The lowest BCUT2D eigenvalue weighted by Crippen LogP contribution is -2.22. The summed E-state index contributed by atoms with van der Waals surface area (Å²) >= 11 is 0. The lowest BCUT2D eigenvalue weighted by molar-refractivity contribution is -0.155. The van der Waals surface area contributed by atoms with Crippen molar-refractivity contribution in [3.8, 4) is 0 Å². The topological polar surface area (TPSA) is 35.5 Å². The van der Waals surface area contributed by atoms with Gasteiger partial charge in [-0.15, -0.1) is 0 Å². The Bertz CT molecular complexity index is 440. The van der Waals surface area contributed by atoms with Crippen LogP contribution in [0.2, 0.25) is 0 Å². The van der Waals surface area contributed by atoms with Crippen LogP contribution in [-0.2, 0) is 14.3 Å². The molecule has 1 aliphatic heterocycles. The first-order valence-electron chi connectivity index (χ1n) is 8.72. The zero-order chi connectivity index (χ0) is 17.1. The average Bonchev–Trinajstić information content (AvgIpc) is 2.53. The van der Waals surface area contributed by atoms with E-state index in [1.54, 1.807) is 6.92 Å². The molecule has 0 bridgehead atoms. The van der Waals surface area contributed by atoms with Gasteiger partial charge in [-0.2, -0.15) is 0 Å². The fourth-order valence-electron chi connectivity index (χ4n) is 2.41. The van der Waals surface area contributed by atoms with Crippen molar-refractivity contribution in [1.82, 2.24) is 0 Å². The fourth-order valence-corrected chi connectivity index (χ4v) is 2.41. The number of carbonyl (C=O) groups is 1. The summed E-state index contributed by atoms with van der Waals surface area (Å²) in [7, 11) is 0. The van der Waals surface area contributed by atoms with Crippen molar-refractivity contribution in [2.24, 2.45) is 0 Å². The molecule has 0 N–H and O–H groups in total. The number of Topliss-reactive ketones (excluding diaryl/α,β-unsaturated/α-hetero) is 1. The smallest absolute Gasteiger partial charge is 0.158 e. The highest BCUT2D eigenvalue weighted by atomic mass is 16.7. The van der Waals surface area contributed by atoms with E-state index in [-0.39, 0.29) is 12.1 Å². The van der Waals surface area contributed by atoms with Gasteiger partial charge in [0.05, 0.1) is 6.61 Å². The highest BCUT2D eigenvalue weighted by Gasteiger charge is 2.12. The highest BCUT2D eigenvalue weighted by molar-refractivity contribution is 5.94. The lowest BCUT2D eigenvalue weighted by atomic mass is 10.0. The number of hydrogen-bond acceptors (Lipinski definition) is 3. The maximum atomic E-state index is 11.5. The van der Waals surface area contributed by atoms with E-state index in [9.17, 15) is 4.79 Å². The predicted molar refractivity (Wildman–Crippen MR) is 95.3 cm³/mol. The lowest BCUT2D eigenvalue weighted by Gasteiger charge is -2.22. The Labute approximate surface area is 141 Å². The Hall–Kier alpha value is -1.19. The van der Waals surface area contributed by atoms with Crippen LogP contribution in [0.15, 0.2) is 35.5 Å². The summed E-state index contributed by atoms with van der Waals surface area (Å²) in [6, 6.07) is 0. The number of carbonyl (C=O) groups excluding carboxylic acids is 1. The molecule has 0 saturated carbocycles. The standard InChI is InChI=1S/C20H32O3/c1-16(2)19(21)12-11-17(3)8-7-9-18(4)13-15-23-20-10-5-6-14-22-20/h8,13,20H,1,5-7,9-12,14-15H2,2-4H3/b17-8+,18-13-. The normalized spacial score (nSPS) is 19.7. The summed E-state index contributed by atoms with van der Waals surface area (Å²) in [5.74, 6) is 0.163. The molecule has 3 heteroatoms. The first-order chi connectivity index (χ1) is 11.0. The van der Waals surface area contributed by atoms with Crippen molar-refractivity contribution in [2.75, 3.05) is 13.2 Å². The van der Waals surface area contributed by atoms with Gasteiger partial charge < -0.3 is 9.47 Å². The van der Waals surface area contributed by atoms with Gasteiger partial charge in [0.15, 0.2) is 12.1 Å². The van der Waals surface area contributed by atoms with Crippen LogP contribution in [0.3, 0.4) is 0 Å². The number of allylic oxidation sites excluding steroid dienone is 4. The number of hydrogen-bond donors (Lipinski definition) is 0.